The van der Waals surface area contributed by atoms with Crippen LogP contribution in [0.15, 0.2) is 46.7 Å². The number of amides is 1. The van der Waals surface area contributed by atoms with Crippen LogP contribution in [0, 0.1) is 12.8 Å². The van der Waals surface area contributed by atoms with Crippen LogP contribution in [0.1, 0.15) is 36.8 Å². The Bertz CT molecular complexity index is 876. The van der Waals surface area contributed by atoms with Crippen molar-refractivity contribution >= 4 is 27.3 Å². The molecule has 0 saturated heterocycles. The zero-order chi connectivity index (χ0) is 21.6. The number of thiophene rings is 1. The normalized spacial score (nSPS) is 14.2. The first-order chi connectivity index (χ1) is 13.6. The molecule has 1 aromatic carbocycles. The van der Waals surface area contributed by atoms with Crippen molar-refractivity contribution in [2.75, 3.05) is 20.6 Å². The van der Waals surface area contributed by atoms with Gasteiger partial charge in [-0.1, -0.05) is 37.6 Å². The second kappa shape index (κ2) is 10.3. The van der Waals surface area contributed by atoms with Crippen LogP contribution in [0.25, 0.3) is 0 Å². The molecule has 2 unspecified atom stereocenters. The maximum absolute atomic E-state index is 12.9. The Labute approximate surface area is 178 Å². The number of sulfonamides is 1. The number of rotatable bonds is 10. The van der Waals surface area contributed by atoms with Crippen molar-refractivity contribution in [2.24, 2.45) is 5.92 Å². The van der Waals surface area contributed by atoms with Crippen LogP contribution in [0.4, 0.5) is 0 Å². The fourth-order valence-corrected chi connectivity index (χ4v) is 5.12. The molecule has 0 bridgehead atoms. The number of carbonyl (C=O) groups is 1. The van der Waals surface area contributed by atoms with Crippen LogP contribution >= 0.6 is 11.3 Å². The van der Waals surface area contributed by atoms with Gasteiger partial charge >= 0.3 is 0 Å². The Kier molecular flexibility index (Phi) is 8.39. The molecule has 0 saturated carbocycles. The molecule has 0 aliphatic rings. The number of benzene rings is 1. The first-order valence-electron chi connectivity index (χ1n) is 9.66. The zero-order valence-electron chi connectivity index (χ0n) is 17.7. The van der Waals surface area contributed by atoms with Crippen molar-refractivity contribution in [1.29, 1.82) is 0 Å². The van der Waals surface area contributed by atoms with E-state index in [0.29, 0.717) is 13.0 Å². The van der Waals surface area contributed by atoms with Crippen molar-refractivity contribution in [2.45, 2.75) is 44.2 Å². The number of hydrogen-bond donors (Lipinski definition) is 2. The highest BCUT2D eigenvalue weighted by Gasteiger charge is 2.27. The van der Waals surface area contributed by atoms with Gasteiger partial charge in [-0.2, -0.15) is 4.72 Å². The molecule has 2 rings (SSSR count). The third kappa shape index (κ3) is 6.92. The first kappa shape index (κ1) is 23.5. The van der Waals surface area contributed by atoms with Crippen molar-refractivity contribution in [3.05, 3.63) is 52.2 Å². The average molecular weight is 438 g/mol. The predicted octanol–water partition coefficient (Wildman–Crippen LogP) is 3.17. The summed E-state index contributed by atoms with van der Waals surface area (Å²) in [6, 6.07) is 9.83. The summed E-state index contributed by atoms with van der Waals surface area (Å²) in [6.07, 6.45) is 0.419. The summed E-state index contributed by atoms with van der Waals surface area (Å²) >= 11 is 1.63. The molecular weight excluding hydrogens is 406 g/mol. The minimum atomic E-state index is -3.78. The second-order valence-electron chi connectivity index (χ2n) is 7.86. The number of nitrogens with one attached hydrogen (secondary N) is 2. The molecule has 160 valence electrons. The lowest BCUT2D eigenvalue weighted by molar-refractivity contribution is -0.123. The van der Waals surface area contributed by atoms with Crippen molar-refractivity contribution in [3.8, 4) is 0 Å². The summed E-state index contributed by atoms with van der Waals surface area (Å²) in [5.74, 6) is -0.147. The molecule has 0 aliphatic carbocycles. The third-order valence-corrected chi connectivity index (χ3v) is 7.08. The van der Waals surface area contributed by atoms with E-state index in [2.05, 4.69) is 10.0 Å². The van der Waals surface area contributed by atoms with Crippen LogP contribution in [0.5, 0.6) is 0 Å². The van der Waals surface area contributed by atoms with Gasteiger partial charge < -0.3 is 10.2 Å². The monoisotopic (exact) mass is 437 g/mol. The van der Waals surface area contributed by atoms with E-state index >= 15 is 0 Å². The molecule has 2 atom stereocenters. The summed E-state index contributed by atoms with van der Waals surface area (Å²) in [5.41, 5.74) is 0.976. The number of hydrogen-bond acceptors (Lipinski definition) is 5. The second-order valence-corrected chi connectivity index (χ2v) is 10.5. The van der Waals surface area contributed by atoms with E-state index in [1.54, 1.807) is 35.6 Å². The molecule has 2 aromatic rings. The molecule has 1 amide bonds. The van der Waals surface area contributed by atoms with E-state index in [1.165, 1.54) is 0 Å². The van der Waals surface area contributed by atoms with Crippen LogP contribution in [-0.2, 0) is 14.8 Å². The predicted molar refractivity (Wildman–Crippen MR) is 119 cm³/mol. The van der Waals surface area contributed by atoms with Gasteiger partial charge in [0, 0.05) is 11.4 Å². The van der Waals surface area contributed by atoms with Crippen LogP contribution in [0.2, 0.25) is 0 Å². The van der Waals surface area contributed by atoms with Gasteiger partial charge in [-0.05, 0) is 56.9 Å². The number of carbonyl (C=O) groups excluding carboxylic acids is 1. The number of nitrogens with zero attached hydrogens (tertiary/aromatic N) is 1. The summed E-state index contributed by atoms with van der Waals surface area (Å²) in [5, 5.41) is 4.95. The summed E-state index contributed by atoms with van der Waals surface area (Å²) in [6.45, 7) is 6.24. The molecule has 0 fully saturated rings. The Morgan fingerprint density at radius 3 is 2.31 bits per heavy atom. The molecule has 2 N–H and O–H groups in total. The molecule has 6 nitrogen and oxygen atoms in total. The van der Waals surface area contributed by atoms with Gasteiger partial charge in [-0.15, -0.1) is 11.3 Å². The van der Waals surface area contributed by atoms with Gasteiger partial charge in [-0.3, -0.25) is 4.79 Å². The largest absolute Gasteiger partial charge is 0.353 e. The molecule has 8 heteroatoms. The van der Waals surface area contributed by atoms with E-state index in [0.717, 1.165) is 10.4 Å². The van der Waals surface area contributed by atoms with E-state index in [-0.39, 0.29) is 22.8 Å². The molecule has 1 heterocycles. The molecule has 0 aliphatic heterocycles. The van der Waals surface area contributed by atoms with E-state index in [9.17, 15) is 13.2 Å². The van der Waals surface area contributed by atoms with Crippen LogP contribution < -0.4 is 10.0 Å². The Morgan fingerprint density at radius 2 is 1.79 bits per heavy atom. The fourth-order valence-electron chi connectivity index (χ4n) is 2.99. The van der Waals surface area contributed by atoms with E-state index in [4.69, 9.17) is 0 Å². The van der Waals surface area contributed by atoms with Crippen LogP contribution in [-0.4, -0.2) is 45.9 Å². The lowest BCUT2D eigenvalue weighted by Crippen LogP contribution is -2.48. The minimum Gasteiger partial charge on any atom is -0.353 e. The standard InChI is InChI=1S/C21H31N3O3S2/c1-15(2)13-18(23-29(26,27)17-10-8-16(3)9-11-17)21(25)22-14-19(24(4)5)20-7-6-12-28-20/h6-12,15,18-19,23H,13-14H2,1-5H3,(H,22,25). The van der Waals surface area contributed by atoms with Gasteiger partial charge in [0.05, 0.1) is 10.9 Å². The van der Waals surface area contributed by atoms with Gasteiger partial charge in [0.15, 0.2) is 0 Å². The highest BCUT2D eigenvalue weighted by molar-refractivity contribution is 7.89. The van der Waals surface area contributed by atoms with E-state index in [1.807, 2.05) is 57.3 Å². The molecule has 0 spiro atoms. The highest BCUT2D eigenvalue weighted by atomic mass is 32.2. The van der Waals surface area contributed by atoms with E-state index < -0.39 is 16.1 Å². The van der Waals surface area contributed by atoms with Crippen LogP contribution in [0.3, 0.4) is 0 Å². The zero-order valence-corrected chi connectivity index (χ0v) is 19.3. The van der Waals surface area contributed by atoms with Gasteiger partial charge in [0.1, 0.15) is 6.04 Å². The summed E-state index contributed by atoms with van der Waals surface area (Å²) < 4.78 is 28.1. The topological polar surface area (TPSA) is 78.5 Å². The van der Waals surface area contributed by atoms with Crippen molar-refractivity contribution in [3.63, 3.8) is 0 Å². The minimum absolute atomic E-state index is 0.0346. The van der Waals surface area contributed by atoms with Crippen molar-refractivity contribution < 1.29 is 13.2 Å². The molecule has 0 radical (unpaired) electrons. The SMILES string of the molecule is Cc1ccc(S(=O)(=O)NC(CC(C)C)C(=O)NCC(c2cccs2)N(C)C)cc1. The fraction of sp³-hybridized carbons (Fsp3) is 0.476. The Hall–Kier alpha value is -1.74. The smallest absolute Gasteiger partial charge is 0.241 e. The lowest BCUT2D eigenvalue weighted by Gasteiger charge is -2.26. The maximum atomic E-state index is 12.9. The van der Waals surface area contributed by atoms with Gasteiger partial charge in [0.25, 0.3) is 0 Å². The number of aryl methyl sites for hydroxylation is 1. The first-order valence-corrected chi connectivity index (χ1v) is 12.0. The highest BCUT2D eigenvalue weighted by Crippen LogP contribution is 2.22. The average Bonchev–Trinajstić information content (AvgIpc) is 3.15. The lowest BCUT2D eigenvalue weighted by atomic mass is 10.0. The molecule has 1 aromatic heterocycles. The Morgan fingerprint density at radius 1 is 1.14 bits per heavy atom. The van der Waals surface area contributed by atoms with Crippen molar-refractivity contribution in [1.82, 2.24) is 14.9 Å². The molecule has 29 heavy (non-hydrogen) atoms. The summed E-state index contributed by atoms with van der Waals surface area (Å²) in [4.78, 5) is 16.2. The molecular formula is C21H31N3O3S2. The van der Waals surface area contributed by atoms with Gasteiger partial charge in [-0.25, -0.2) is 8.42 Å². The number of likely N-dealkylation sites (N-methyl/N-ethyl adjacent to an activating group) is 1. The van der Waals surface area contributed by atoms with Gasteiger partial charge in [0.2, 0.25) is 15.9 Å². The maximum Gasteiger partial charge on any atom is 0.241 e. The summed E-state index contributed by atoms with van der Waals surface area (Å²) in [7, 11) is 0.137. The third-order valence-electron chi connectivity index (χ3n) is 4.62. The Balaban J connectivity index is 2.12. The quantitative estimate of drug-likeness (QED) is 0.598.